The molecule has 0 atom stereocenters. The van der Waals surface area contributed by atoms with E-state index >= 15 is 0 Å². The predicted octanol–water partition coefficient (Wildman–Crippen LogP) is 3.29. The highest BCUT2D eigenvalue weighted by molar-refractivity contribution is 7.09. The number of guanidine groups is 1. The molecule has 0 fully saturated rings. The molecule has 0 aliphatic carbocycles. The van der Waals surface area contributed by atoms with E-state index in [-0.39, 0.29) is 0 Å². The van der Waals surface area contributed by atoms with Gasteiger partial charge in [-0.05, 0) is 42.0 Å². The average Bonchev–Trinajstić information content (AvgIpc) is 3.35. The summed E-state index contributed by atoms with van der Waals surface area (Å²) in [7, 11) is 0. The molecule has 0 bridgehead atoms. The Hall–Kier alpha value is -2.60. The monoisotopic (exact) mass is 367 g/mol. The summed E-state index contributed by atoms with van der Waals surface area (Å²) < 4.78 is 1.94. The number of aliphatic imine (C=N–C) groups is 1. The van der Waals surface area contributed by atoms with Crippen LogP contribution in [0, 0.1) is 0 Å². The Balaban J connectivity index is 1.61. The van der Waals surface area contributed by atoms with Crippen molar-refractivity contribution in [3.63, 3.8) is 0 Å². The topological polar surface area (TPSA) is 54.2 Å². The van der Waals surface area contributed by atoms with Gasteiger partial charge in [0.2, 0.25) is 0 Å². The van der Waals surface area contributed by atoms with Crippen molar-refractivity contribution in [1.82, 2.24) is 20.4 Å². The number of nitrogens with one attached hydrogen (secondary N) is 2. The van der Waals surface area contributed by atoms with Gasteiger partial charge in [-0.3, -0.25) is 4.68 Å². The van der Waals surface area contributed by atoms with Crippen LogP contribution in [0.15, 0.2) is 65.2 Å². The summed E-state index contributed by atoms with van der Waals surface area (Å²) in [5.41, 5.74) is 2.47. The molecule has 2 heterocycles. The van der Waals surface area contributed by atoms with Gasteiger partial charge in [-0.2, -0.15) is 5.10 Å². The summed E-state index contributed by atoms with van der Waals surface area (Å²) in [6.07, 6.45) is 4.80. The standard InChI is InChI=1S/C20H25N5S/c1-2-21-20(22-12-10-19-9-5-14-26-19)23-15-17-7-3-4-8-18(17)16-25-13-6-11-24-25/h3-9,11,13-14H,2,10,12,15-16H2,1H3,(H2,21,22,23). The van der Waals surface area contributed by atoms with Crippen molar-refractivity contribution in [3.8, 4) is 0 Å². The van der Waals surface area contributed by atoms with Crippen LogP contribution in [0.1, 0.15) is 22.9 Å². The number of hydrogen-bond acceptors (Lipinski definition) is 3. The van der Waals surface area contributed by atoms with Crippen LogP contribution in [0.3, 0.4) is 0 Å². The highest BCUT2D eigenvalue weighted by Gasteiger charge is 2.04. The first-order valence-corrected chi connectivity index (χ1v) is 9.82. The lowest BCUT2D eigenvalue weighted by atomic mass is 10.1. The summed E-state index contributed by atoms with van der Waals surface area (Å²) in [5, 5.41) is 13.2. The zero-order chi connectivity index (χ0) is 18.0. The zero-order valence-electron chi connectivity index (χ0n) is 15.1. The maximum atomic E-state index is 4.76. The fourth-order valence-corrected chi connectivity index (χ4v) is 3.41. The molecule has 6 heteroatoms. The molecule has 0 aliphatic rings. The van der Waals surface area contributed by atoms with Gasteiger partial charge >= 0.3 is 0 Å². The van der Waals surface area contributed by atoms with Gasteiger partial charge in [0.1, 0.15) is 0 Å². The smallest absolute Gasteiger partial charge is 0.191 e. The van der Waals surface area contributed by atoms with E-state index in [1.807, 2.05) is 23.1 Å². The number of thiophene rings is 1. The van der Waals surface area contributed by atoms with Crippen molar-refractivity contribution in [2.45, 2.75) is 26.4 Å². The van der Waals surface area contributed by atoms with E-state index in [0.29, 0.717) is 6.54 Å². The van der Waals surface area contributed by atoms with E-state index in [0.717, 1.165) is 32.0 Å². The Morgan fingerprint density at radius 1 is 1.12 bits per heavy atom. The Labute approximate surface area is 158 Å². The number of nitrogens with zero attached hydrogens (tertiary/aromatic N) is 3. The highest BCUT2D eigenvalue weighted by Crippen LogP contribution is 2.12. The van der Waals surface area contributed by atoms with E-state index in [9.17, 15) is 0 Å². The van der Waals surface area contributed by atoms with E-state index in [4.69, 9.17) is 4.99 Å². The fraction of sp³-hybridized carbons (Fsp3) is 0.300. The molecule has 0 saturated carbocycles. The van der Waals surface area contributed by atoms with Crippen LogP contribution in [0.2, 0.25) is 0 Å². The van der Waals surface area contributed by atoms with E-state index < -0.39 is 0 Å². The number of rotatable bonds is 8. The molecule has 0 saturated heterocycles. The summed E-state index contributed by atoms with van der Waals surface area (Å²) >= 11 is 1.79. The van der Waals surface area contributed by atoms with E-state index in [1.165, 1.54) is 16.0 Å². The van der Waals surface area contributed by atoms with Crippen molar-refractivity contribution in [3.05, 3.63) is 76.2 Å². The molecule has 0 spiro atoms. The van der Waals surface area contributed by atoms with Crippen LogP contribution in [0.25, 0.3) is 0 Å². The third-order valence-corrected chi connectivity index (χ3v) is 4.94. The minimum atomic E-state index is 0.645. The molecule has 136 valence electrons. The van der Waals surface area contributed by atoms with Crippen molar-refractivity contribution < 1.29 is 0 Å². The normalized spacial score (nSPS) is 11.5. The molecule has 0 amide bonds. The second kappa shape index (κ2) is 9.77. The maximum Gasteiger partial charge on any atom is 0.191 e. The number of benzene rings is 1. The molecule has 2 aromatic heterocycles. The molecule has 3 aromatic rings. The van der Waals surface area contributed by atoms with Gasteiger partial charge in [0.05, 0.1) is 13.1 Å². The molecule has 5 nitrogen and oxygen atoms in total. The highest BCUT2D eigenvalue weighted by atomic mass is 32.1. The van der Waals surface area contributed by atoms with Crippen LogP contribution < -0.4 is 10.6 Å². The van der Waals surface area contributed by atoms with Gasteiger partial charge < -0.3 is 10.6 Å². The Bertz CT molecular complexity index is 793. The maximum absolute atomic E-state index is 4.76. The van der Waals surface area contributed by atoms with Gasteiger partial charge in [-0.15, -0.1) is 11.3 Å². The van der Waals surface area contributed by atoms with Gasteiger partial charge in [0.15, 0.2) is 5.96 Å². The molecule has 3 rings (SSSR count). The lowest BCUT2D eigenvalue weighted by Crippen LogP contribution is -2.38. The molecule has 0 unspecified atom stereocenters. The number of hydrogen-bond donors (Lipinski definition) is 2. The second-order valence-corrected chi connectivity index (χ2v) is 6.96. The van der Waals surface area contributed by atoms with Crippen LogP contribution in [0.5, 0.6) is 0 Å². The minimum absolute atomic E-state index is 0.645. The lowest BCUT2D eigenvalue weighted by Gasteiger charge is -2.12. The van der Waals surface area contributed by atoms with Gasteiger partial charge in [-0.1, -0.05) is 30.3 Å². The predicted molar refractivity (Wildman–Crippen MR) is 109 cm³/mol. The zero-order valence-corrected chi connectivity index (χ0v) is 15.9. The quantitative estimate of drug-likeness (QED) is 0.474. The van der Waals surface area contributed by atoms with Crippen molar-refractivity contribution in [2.24, 2.45) is 4.99 Å². The largest absolute Gasteiger partial charge is 0.357 e. The molecular weight excluding hydrogens is 342 g/mol. The van der Waals surface area contributed by atoms with Gasteiger partial charge in [0, 0.05) is 30.4 Å². The van der Waals surface area contributed by atoms with Crippen LogP contribution in [-0.4, -0.2) is 28.8 Å². The van der Waals surface area contributed by atoms with Crippen molar-refractivity contribution in [1.29, 1.82) is 0 Å². The first-order valence-electron chi connectivity index (χ1n) is 8.94. The number of aromatic nitrogens is 2. The minimum Gasteiger partial charge on any atom is -0.357 e. The summed E-state index contributed by atoms with van der Waals surface area (Å²) in [6.45, 7) is 5.22. The molecular formula is C20H25N5S. The Kier molecular flexibility index (Phi) is 6.84. The van der Waals surface area contributed by atoms with E-state index in [2.05, 4.69) is 64.4 Å². The van der Waals surface area contributed by atoms with Crippen LogP contribution in [-0.2, 0) is 19.5 Å². The Morgan fingerprint density at radius 3 is 2.73 bits per heavy atom. The van der Waals surface area contributed by atoms with Gasteiger partial charge in [0.25, 0.3) is 0 Å². The lowest BCUT2D eigenvalue weighted by molar-refractivity contribution is 0.680. The summed E-state index contributed by atoms with van der Waals surface area (Å²) in [4.78, 5) is 6.15. The molecule has 0 aliphatic heterocycles. The van der Waals surface area contributed by atoms with Crippen molar-refractivity contribution in [2.75, 3.05) is 13.1 Å². The molecule has 2 N–H and O–H groups in total. The van der Waals surface area contributed by atoms with E-state index in [1.54, 1.807) is 11.3 Å². The molecule has 1 aromatic carbocycles. The van der Waals surface area contributed by atoms with Crippen LogP contribution >= 0.6 is 11.3 Å². The van der Waals surface area contributed by atoms with Crippen molar-refractivity contribution >= 4 is 17.3 Å². The Morgan fingerprint density at radius 2 is 2.00 bits per heavy atom. The first kappa shape index (κ1) is 18.2. The summed E-state index contributed by atoms with van der Waals surface area (Å²) in [5.74, 6) is 0.859. The third kappa shape index (κ3) is 5.46. The fourth-order valence-electron chi connectivity index (χ4n) is 2.70. The van der Waals surface area contributed by atoms with Gasteiger partial charge in [-0.25, -0.2) is 4.99 Å². The summed E-state index contributed by atoms with van der Waals surface area (Å²) in [6, 6.07) is 14.6. The second-order valence-electron chi connectivity index (χ2n) is 5.92. The molecule has 26 heavy (non-hydrogen) atoms. The average molecular weight is 368 g/mol. The SMILES string of the molecule is CCNC(=NCc1ccccc1Cn1cccn1)NCCc1cccs1. The third-order valence-electron chi connectivity index (χ3n) is 4.01. The first-order chi connectivity index (χ1) is 12.8. The molecule has 0 radical (unpaired) electrons. The van der Waals surface area contributed by atoms with Crippen LogP contribution in [0.4, 0.5) is 0 Å².